The molecule has 1 aliphatic rings. The van der Waals surface area contributed by atoms with Crippen LogP contribution in [0.1, 0.15) is 11.1 Å². The number of pyridine rings is 1. The summed E-state index contributed by atoms with van der Waals surface area (Å²) in [6, 6.07) is 18.1. The molecule has 2 heterocycles. The van der Waals surface area contributed by atoms with E-state index in [9.17, 15) is 9.59 Å². The second kappa shape index (κ2) is 8.62. The molecule has 0 atom stereocenters. The molecular formula is C24H21ClN4O2. The summed E-state index contributed by atoms with van der Waals surface area (Å²) >= 11 is 6.02. The first-order valence-corrected chi connectivity index (χ1v) is 10.1. The molecule has 1 N–H and O–H groups in total. The van der Waals surface area contributed by atoms with Gasteiger partial charge in [0.05, 0.1) is 12.1 Å². The second-order valence-electron chi connectivity index (χ2n) is 7.38. The third-order valence-electron chi connectivity index (χ3n) is 5.02. The van der Waals surface area contributed by atoms with Gasteiger partial charge in [-0.2, -0.15) is 0 Å². The highest BCUT2D eigenvalue weighted by Gasteiger charge is 2.39. The molecule has 31 heavy (non-hydrogen) atoms. The van der Waals surface area contributed by atoms with Crippen molar-refractivity contribution in [1.29, 1.82) is 0 Å². The second-order valence-corrected chi connectivity index (χ2v) is 7.82. The first-order chi connectivity index (χ1) is 14.9. The minimum absolute atomic E-state index is 0.146. The van der Waals surface area contributed by atoms with Gasteiger partial charge < -0.3 is 10.2 Å². The number of nitrogens with zero attached hydrogens (tertiary/aromatic N) is 3. The smallest absolute Gasteiger partial charge is 0.278 e. The molecule has 0 bridgehead atoms. The van der Waals surface area contributed by atoms with Gasteiger partial charge in [0.15, 0.2) is 0 Å². The number of imide groups is 1. The quantitative estimate of drug-likeness (QED) is 0.591. The number of hydrogen-bond donors (Lipinski definition) is 1. The number of carbonyl (C=O) groups excluding carboxylic acids is 2. The van der Waals surface area contributed by atoms with Crippen LogP contribution in [0.15, 0.2) is 78.8 Å². The van der Waals surface area contributed by atoms with Crippen molar-refractivity contribution in [3.8, 4) is 0 Å². The Bertz CT molecular complexity index is 1140. The van der Waals surface area contributed by atoms with E-state index in [1.165, 1.54) is 4.90 Å². The van der Waals surface area contributed by atoms with Gasteiger partial charge in [0.25, 0.3) is 11.8 Å². The van der Waals surface area contributed by atoms with Gasteiger partial charge in [-0.3, -0.25) is 19.5 Å². The lowest BCUT2D eigenvalue weighted by atomic mass is 10.0. The van der Waals surface area contributed by atoms with Gasteiger partial charge in [0.1, 0.15) is 5.70 Å². The number of halogens is 1. The zero-order valence-electron chi connectivity index (χ0n) is 17.2. The van der Waals surface area contributed by atoms with Crippen molar-refractivity contribution in [3.05, 3.63) is 94.9 Å². The molecule has 0 aliphatic carbocycles. The molecule has 0 unspecified atom stereocenters. The SMILES string of the molecule is CN(C)c1ccc(NC2=C(c3ccc(Cl)cc3)C(=O)N(Cc3cccnc3)C2=O)cc1. The highest BCUT2D eigenvalue weighted by molar-refractivity contribution is 6.36. The Morgan fingerprint density at radius 3 is 2.29 bits per heavy atom. The predicted octanol–water partition coefficient (Wildman–Crippen LogP) is 4.19. The maximum absolute atomic E-state index is 13.3. The Kier molecular flexibility index (Phi) is 5.73. The van der Waals surface area contributed by atoms with Gasteiger partial charge >= 0.3 is 0 Å². The lowest BCUT2D eigenvalue weighted by Crippen LogP contribution is -2.32. The Hall–Kier alpha value is -3.64. The van der Waals surface area contributed by atoms with Gasteiger partial charge in [-0.15, -0.1) is 0 Å². The van der Waals surface area contributed by atoms with E-state index >= 15 is 0 Å². The standard InChI is InChI=1S/C24H21ClN4O2/c1-28(2)20-11-9-19(10-12-20)27-22-21(17-5-7-18(25)8-6-17)23(30)29(24(22)31)15-16-4-3-13-26-14-16/h3-14,27H,15H2,1-2H3. The van der Waals surface area contributed by atoms with E-state index in [0.29, 0.717) is 16.2 Å². The molecule has 2 aromatic carbocycles. The summed E-state index contributed by atoms with van der Waals surface area (Å²) in [6.07, 6.45) is 3.30. The maximum Gasteiger partial charge on any atom is 0.278 e. The number of amides is 2. The molecule has 1 aromatic heterocycles. The molecule has 6 nitrogen and oxygen atoms in total. The van der Waals surface area contributed by atoms with Gasteiger partial charge in [-0.1, -0.05) is 29.8 Å². The summed E-state index contributed by atoms with van der Waals surface area (Å²) in [5.41, 5.74) is 3.72. The van der Waals surface area contributed by atoms with Crippen LogP contribution >= 0.6 is 11.6 Å². The molecule has 3 aromatic rings. The normalized spacial score (nSPS) is 13.7. The Morgan fingerprint density at radius 1 is 0.968 bits per heavy atom. The van der Waals surface area contributed by atoms with Crippen LogP contribution in [-0.2, 0) is 16.1 Å². The number of hydrogen-bond acceptors (Lipinski definition) is 5. The Morgan fingerprint density at radius 2 is 1.68 bits per heavy atom. The third kappa shape index (κ3) is 4.29. The lowest BCUT2D eigenvalue weighted by molar-refractivity contribution is -0.137. The van der Waals surface area contributed by atoms with Crippen molar-refractivity contribution in [2.45, 2.75) is 6.54 Å². The van der Waals surface area contributed by atoms with Crippen LogP contribution in [0, 0.1) is 0 Å². The van der Waals surface area contributed by atoms with Crippen LogP contribution in [0.4, 0.5) is 11.4 Å². The summed E-state index contributed by atoms with van der Waals surface area (Å²) in [5.74, 6) is -0.737. The van der Waals surface area contributed by atoms with Gasteiger partial charge in [0, 0.05) is 42.9 Å². The summed E-state index contributed by atoms with van der Waals surface area (Å²) in [7, 11) is 3.91. The molecule has 0 saturated heterocycles. The van der Waals surface area contributed by atoms with Crippen molar-refractivity contribution >= 4 is 40.4 Å². The first-order valence-electron chi connectivity index (χ1n) is 9.74. The van der Waals surface area contributed by atoms with Crippen molar-refractivity contribution in [1.82, 2.24) is 9.88 Å². The predicted molar refractivity (Wildman–Crippen MR) is 123 cm³/mol. The first kappa shape index (κ1) is 20.6. The van der Waals surface area contributed by atoms with Gasteiger partial charge in [-0.05, 0) is 53.6 Å². The van der Waals surface area contributed by atoms with Crippen molar-refractivity contribution in [2.75, 3.05) is 24.3 Å². The van der Waals surface area contributed by atoms with Crippen LogP contribution in [-0.4, -0.2) is 35.8 Å². The summed E-state index contributed by atoms with van der Waals surface area (Å²) in [4.78, 5) is 33.9. The van der Waals surface area contributed by atoms with E-state index in [2.05, 4.69) is 10.3 Å². The van der Waals surface area contributed by atoms with E-state index in [-0.39, 0.29) is 24.1 Å². The molecule has 0 radical (unpaired) electrons. The number of anilines is 2. The minimum Gasteiger partial charge on any atom is -0.378 e. The average Bonchev–Trinajstić information content (AvgIpc) is 3.00. The van der Waals surface area contributed by atoms with Crippen molar-refractivity contribution in [2.24, 2.45) is 0 Å². The summed E-state index contributed by atoms with van der Waals surface area (Å²) in [6.45, 7) is 0.146. The zero-order valence-corrected chi connectivity index (χ0v) is 17.9. The largest absolute Gasteiger partial charge is 0.378 e. The number of benzene rings is 2. The topological polar surface area (TPSA) is 65.5 Å². The number of rotatable bonds is 6. The van der Waals surface area contributed by atoms with Gasteiger partial charge in [0.2, 0.25) is 0 Å². The molecule has 4 rings (SSSR count). The molecule has 0 fully saturated rings. The number of aromatic nitrogens is 1. The molecule has 156 valence electrons. The number of nitrogens with one attached hydrogen (secondary N) is 1. The van der Waals surface area contributed by atoms with Crippen molar-refractivity contribution in [3.63, 3.8) is 0 Å². The minimum atomic E-state index is -0.379. The fourth-order valence-corrected chi connectivity index (χ4v) is 3.51. The van der Waals surface area contributed by atoms with Crippen LogP contribution in [0.25, 0.3) is 5.57 Å². The van der Waals surface area contributed by atoms with E-state index in [1.54, 1.807) is 42.7 Å². The third-order valence-corrected chi connectivity index (χ3v) is 5.27. The zero-order chi connectivity index (χ0) is 22.0. The van der Waals surface area contributed by atoms with Crippen molar-refractivity contribution < 1.29 is 9.59 Å². The van der Waals surface area contributed by atoms with Crippen LogP contribution in [0.2, 0.25) is 5.02 Å². The molecule has 2 amide bonds. The highest BCUT2D eigenvalue weighted by atomic mass is 35.5. The maximum atomic E-state index is 13.3. The van der Waals surface area contributed by atoms with E-state index in [4.69, 9.17) is 11.6 Å². The van der Waals surface area contributed by atoms with E-state index in [1.807, 2.05) is 49.3 Å². The monoisotopic (exact) mass is 432 g/mol. The molecular weight excluding hydrogens is 412 g/mol. The number of carbonyl (C=O) groups is 2. The Labute approximate surface area is 185 Å². The van der Waals surface area contributed by atoms with Crippen LogP contribution in [0.5, 0.6) is 0 Å². The van der Waals surface area contributed by atoms with Gasteiger partial charge in [-0.25, -0.2) is 0 Å². The highest BCUT2D eigenvalue weighted by Crippen LogP contribution is 2.32. The Balaban J connectivity index is 1.71. The lowest BCUT2D eigenvalue weighted by Gasteiger charge is -2.16. The van der Waals surface area contributed by atoms with Crippen LogP contribution in [0.3, 0.4) is 0 Å². The van der Waals surface area contributed by atoms with Crippen LogP contribution < -0.4 is 10.2 Å². The van der Waals surface area contributed by atoms with E-state index in [0.717, 1.165) is 16.9 Å². The fourth-order valence-electron chi connectivity index (χ4n) is 3.38. The summed E-state index contributed by atoms with van der Waals surface area (Å²) < 4.78 is 0. The molecule has 1 aliphatic heterocycles. The molecule has 7 heteroatoms. The molecule has 0 spiro atoms. The average molecular weight is 433 g/mol. The fraction of sp³-hybridized carbons (Fsp3) is 0.125. The summed E-state index contributed by atoms with van der Waals surface area (Å²) in [5, 5.41) is 3.72. The molecule has 0 saturated carbocycles. The van der Waals surface area contributed by atoms with E-state index < -0.39 is 0 Å².